The summed E-state index contributed by atoms with van der Waals surface area (Å²) in [5.41, 5.74) is 0. The van der Waals surface area contributed by atoms with Crippen LogP contribution in [-0.4, -0.2) is 55.5 Å². The number of hydrogen-bond donors (Lipinski definition) is 2. The molecule has 1 fully saturated rings. The van der Waals surface area contributed by atoms with Gasteiger partial charge in [-0.05, 0) is 25.7 Å². The van der Waals surface area contributed by atoms with Gasteiger partial charge < -0.3 is 15.5 Å². The van der Waals surface area contributed by atoms with Crippen molar-refractivity contribution in [2.75, 3.05) is 33.7 Å². The van der Waals surface area contributed by atoms with Crippen LogP contribution >= 0.6 is 11.3 Å². The van der Waals surface area contributed by atoms with Crippen molar-refractivity contribution >= 4 is 23.2 Å². The molecule has 0 saturated carbocycles. The van der Waals surface area contributed by atoms with E-state index in [1.807, 2.05) is 13.2 Å². The summed E-state index contributed by atoms with van der Waals surface area (Å²) in [6.45, 7) is 4.84. The quantitative estimate of drug-likeness (QED) is 0.630. The van der Waals surface area contributed by atoms with Crippen molar-refractivity contribution in [3.05, 3.63) is 16.1 Å². The average Bonchev–Trinajstić information content (AvgIpc) is 2.98. The van der Waals surface area contributed by atoms with Crippen molar-refractivity contribution in [3.8, 4) is 0 Å². The van der Waals surface area contributed by atoms with Gasteiger partial charge in [-0.25, -0.2) is 4.98 Å². The fourth-order valence-corrected chi connectivity index (χ4v) is 3.63. The first kappa shape index (κ1) is 17.7. The van der Waals surface area contributed by atoms with Crippen molar-refractivity contribution in [1.29, 1.82) is 0 Å². The highest BCUT2D eigenvalue weighted by Gasteiger charge is 2.22. The molecular weight excluding hydrogens is 310 g/mol. The lowest BCUT2D eigenvalue weighted by Crippen LogP contribution is -2.46. The highest BCUT2D eigenvalue weighted by Crippen LogP contribution is 2.20. The van der Waals surface area contributed by atoms with Crippen molar-refractivity contribution < 1.29 is 4.79 Å². The van der Waals surface area contributed by atoms with Gasteiger partial charge >= 0.3 is 0 Å². The van der Waals surface area contributed by atoms with Crippen LogP contribution in [0.3, 0.4) is 0 Å². The fraction of sp³-hybridized carbons (Fsp3) is 0.688. The zero-order valence-electron chi connectivity index (χ0n) is 14.3. The second kappa shape index (κ2) is 8.86. The number of aromatic nitrogens is 1. The van der Waals surface area contributed by atoms with Crippen molar-refractivity contribution in [2.24, 2.45) is 10.9 Å². The number of nitrogens with one attached hydrogen (secondary N) is 2. The second-order valence-corrected chi connectivity index (χ2v) is 7.22. The standard InChI is InChI=1S/C16H27N5OS/c1-12-11-20-15(23-12)4-7-19-16(18-3)21-8-5-13(6-9-21)10-14(22)17-2/h11,13H,4-10H2,1-3H3,(H,17,22)(H,18,19). The average molecular weight is 337 g/mol. The van der Waals surface area contributed by atoms with Gasteiger partial charge in [0.25, 0.3) is 0 Å². The Hall–Kier alpha value is -1.63. The predicted molar refractivity (Wildman–Crippen MR) is 94.9 cm³/mol. The van der Waals surface area contributed by atoms with Crippen molar-refractivity contribution in [3.63, 3.8) is 0 Å². The molecule has 0 atom stereocenters. The van der Waals surface area contributed by atoms with Crippen LogP contribution in [0.1, 0.15) is 29.1 Å². The summed E-state index contributed by atoms with van der Waals surface area (Å²) < 4.78 is 0. The third-order valence-corrected chi connectivity index (χ3v) is 5.14. The van der Waals surface area contributed by atoms with E-state index >= 15 is 0 Å². The molecule has 2 rings (SSSR count). The Bertz CT molecular complexity index is 534. The Balaban J connectivity index is 1.73. The maximum atomic E-state index is 11.5. The molecule has 0 radical (unpaired) electrons. The molecule has 0 spiro atoms. The molecular formula is C16H27N5OS. The van der Waals surface area contributed by atoms with Gasteiger partial charge in [0.1, 0.15) is 0 Å². The van der Waals surface area contributed by atoms with E-state index in [0.717, 1.165) is 49.9 Å². The molecule has 0 bridgehead atoms. The molecule has 1 aromatic rings. The minimum Gasteiger partial charge on any atom is -0.359 e. The number of amides is 1. The van der Waals surface area contributed by atoms with Gasteiger partial charge in [-0.1, -0.05) is 0 Å². The summed E-state index contributed by atoms with van der Waals surface area (Å²) in [6.07, 6.45) is 5.57. The largest absolute Gasteiger partial charge is 0.359 e. The Morgan fingerprint density at radius 3 is 2.78 bits per heavy atom. The van der Waals surface area contributed by atoms with E-state index in [2.05, 4.69) is 32.4 Å². The first-order valence-electron chi connectivity index (χ1n) is 8.20. The summed E-state index contributed by atoms with van der Waals surface area (Å²) in [5.74, 6) is 1.59. The number of carbonyl (C=O) groups is 1. The first-order valence-corrected chi connectivity index (χ1v) is 9.01. The molecule has 7 heteroatoms. The van der Waals surface area contributed by atoms with E-state index < -0.39 is 0 Å². The number of nitrogens with zero attached hydrogens (tertiary/aromatic N) is 3. The molecule has 1 saturated heterocycles. The van der Waals surface area contributed by atoms with Gasteiger partial charge in [-0.2, -0.15) is 0 Å². The Morgan fingerprint density at radius 1 is 1.48 bits per heavy atom. The molecule has 1 aliphatic rings. The Kier molecular flexibility index (Phi) is 6.83. The molecule has 0 unspecified atom stereocenters. The number of rotatable bonds is 5. The minimum absolute atomic E-state index is 0.143. The summed E-state index contributed by atoms with van der Waals surface area (Å²) >= 11 is 1.75. The second-order valence-electron chi connectivity index (χ2n) is 5.90. The topological polar surface area (TPSA) is 69.6 Å². The molecule has 6 nitrogen and oxygen atoms in total. The maximum Gasteiger partial charge on any atom is 0.220 e. The Labute approximate surface area is 142 Å². The molecule has 128 valence electrons. The number of aryl methyl sites for hydroxylation is 1. The van der Waals surface area contributed by atoms with Crippen LogP contribution in [0.2, 0.25) is 0 Å². The van der Waals surface area contributed by atoms with Gasteiger partial charge in [0, 0.05) is 57.6 Å². The number of thiazole rings is 1. The van der Waals surface area contributed by atoms with Gasteiger partial charge in [0.15, 0.2) is 5.96 Å². The van der Waals surface area contributed by atoms with Gasteiger partial charge in [-0.3, -0.25) is 9.79 Å². The third kappa shape index (κ3) is 5.49. The Morgan fingerprint density at radius 2 is 2.22 bits per heavy atom. The molecule has 0 aromatic carbocycles. The number of aliphatic imine (C=N–C) groups is 1. The molecule has 2 heterocycles. The molecule has 2 N–H and O–H groups in total. The van der Waals surface area contributed by atoms with Gasteiger partial charge in [0.05, 0.1) is 5.01 Å². The smallest absolute Gasteiger partial charge is 0.220 e. The SMILES string of the molecule is CN=C(NCCc1ncc(C)s1)N1CCC(CC(=O)NC)CC1. The zero-order valence-corrected chi connectivity index (χ0v) is 15.1. The number of carbonyl (C=O) groups excluding carboxylic acids is 1. The van der Waals surface area contributed by atoms with Crippen LogP contribution in [0.5, 0.6) is 0 Å². The minimum atomic E-state index is 0.143. The van der Waals surface area contributed by atoms with E-state index in [1.54, 1.807) is 18.4 Å². The van der Waals surface area contributed by atoms with E-state index in [1.165, 1.54) is 4.88 Å². The molecule has 1 amide bonds. The van der Waals surface area contributed by atoms with Gasteiger partial charge in [-0.15, -0.1) is 11.3 Å². The number of guanidine groups is 1. The number of piperidine rings is 1. The van der Waals surface area contributed by atoms with Crippen LogP contribution in [0.25, 0.3) is 0 Å². The van der Waals surface area contributed by atoms with E-state index in [4.69, 9.17) is 0 Å². The van der Waals surface area contributed by atoms with Crippen LogP contribution in [0.15, 0.2) is 11.2 Å². The van der Waals surface area contributed by atoms with E-state index in [9.17, 15) is 4.79 Å². The third-order valence-electron chi connectivity index (χ3n) is 4.17. The highest BCUT2D eigenvalue weighted by atomic mass is 32.1. The van der Waals surface area contributed by atoms with Gasteiger partial charge in [0.2, 0.25) is 5.91 Å². The lowest BCUT2D eigenvalue weighted by Gasteiger charge is -2.34. The van der Waals surface area contributed by atoms with Crippen molar-refractivity contribution in [2.45, 2.75) is 32.6 Å². The number of hydrogen-bond acceptors (Lipinski definition) is 4. The molecule has 0 aliphatic carbocycles. The van der Waals surface area contributed by atoms with Crippen LogP contribution in [0, 0.1) is 12.8 Å². The summed E-state index contributed by atoms with van der Waals surface area (Å²) in [7, 11) is 3.53. The summed E-state index contributed by atoms with van der Waals surface area (Å²) in [6, 6.07) is 0. The predicted octanol–water partition coefficient (Wildman–Crippen LogP) is 1.42. The number of likely N-dealkylation sites (tertiary alicyclic amines) is 1. The summed E-state index contributed by atoms with van der Waals surface area (Å²) in [5, 5.41) is 7.30. The normalized spacial score (nSPS) is 16.5. The summed E-state index contributed by atoms with van der Waals surface area (Å²) in [4.78, 5) is 23.8. The lowest BCUT2D eigenvalue weighted by molar-refractivity contribution is -0.121. The van der Waals surface area contributed by atoms with Crippen LogP contribution < -0.4 is 10.6 Å². The molecule has 1 aliphatic heterocycles. The van der Waals surface area contributed by atoms with Crippen LogP contribution in [0.4, 0.5) is 0 Å². The monoisotopic (exact) mass is 337 g/mol. The van der Waals surface area contributed by atoms with E-state index in [-0.39, 0.29) is 5.91 Å². The first-order chi connectivity index (χ1) is 11.1. The molecule has 1 aromatic heterocycles. The molecule has 23 heavy (non-hydrogen) atoms. The van der Waals surface area contributed by atoms with Crippen molar-refractivity contribution in [1.82, 2.24) is 20.5 Å². The fourth-order valence-electron chi connectivity index (χ4n) is 2.84. The van der Waals surface area contributed by atoms with Crippen LogP contribution in [-0.2, 0) is 11.2 Å². The highest BCUT2D eigenvalue weighted by molar-refractivity contribution is 7.11. The maximum absolute atomic E-state index is 11.5. The lowest BCUT2D eigenvalue weighted by atomic mass is 9.93. The van der Waals surface area contributed by atoms with E-state index in [0.29, 0.717) is 12.3 Å². The zero-order chi connectivity index (χ0) is 16.7.